The van der Waals surface area contributed by atoms with E-state index in [0.29, 0.717) is 5.56 Å². The van der Waals surface area contributed by atoms with Gasteiger partial charge in [0.15, 0.2) is 0 Å². The standard InChI is InChI=1S/C21H23N3O7/c1-13(25)7-8-19(27)30-12-16-15(26)11-18(31-16)24-10-9-17(23-21(24)29)22-20(28)14-5-3-2-4-6-14/h2-6,9-10,15-16,18,26H,7-8,11-12H2,1H3,(H,22,23,28,29)/t15-,16+,18-/m0/s1. The summed E-state index contributed by atoms with van der Waals surface area (Å²) in [4.78, 5) is 51.0. The van der Waals surface area contributed by atoms with Crippen LogP contribution in [0.4, 0.5) is 5.82 Å². The molecule has 2 aromatic rings. The number of nitrogens with zero attached hydrogens (tertiary/aromatic N) is 2. The summed E-state index contributed by atoms with van der Waals surface area (Å²) in [5.74, 6) is -0.995. The zero-order valence-corrected chi connectivity index (χ0v) is 16.9. The zero-order chi connectivity index (χ0) is 22.4. The molecule has 1 saturated heterocycles. The Morgan fingerprint density at radius 1 is 1.23 bits per heavy atom. The van der Waals surface area contributed by atoms with E-state index in [-0.39, 0.29) is 37.5 Å². The second-order valence-corrected chi connectivity index (χ2v) is 7.14. The van der Waals surface area contributed by atoms with Crippen molar-refractivity contribution in [3.63, 3.8) is 0 Å². The molecule has 2 heterocycles. The summed E-state index contributed by atoms with van der Waals surface area (Å²) < 4.78 is 11.9. The van der Waals surface area contributed by atoms with E-state index in [1.807, 2.05) is 0 Å². The molecule has 3 rings (SSSR count). The van der Waals surface area contributed by atoms with Crippen LogP contribution in [-0.2, 0) is 19.1 Å². The quantitative estimate of drug-likeness (QED) is 0.594. The van der Waals surface area contributed by atoms with Crippen LogP contribution in [0.3, 0.4) is 0 Å². The van der Waals surface area contributed by atoms with Crippen LogP contribution in [0.25, 0.3) is 0 Å². The summed E-state index contributed by atoms with van der Waals surface area (Å²) in [7, 11) is 0. The van der Waals surface area contributed by atoms with Crippen molar-refractivity contribution in [2.45, 2.75) is 44.6 Å². The van der Waals surface area contributed by atoms with Gasteiger partial charge in [0.1, 0.15) is 30.5 Å². The number of hydrogen-bond donors (Lipinski definition) is 2. The van der Waals surface area contributed by atoms with E-state index in [9.17, 15) is 24.3 Å². The van der Waals surface area contributed by atoms with Gasteiger partial charge in [-0.05, 0) is 25.1 Å². The average Bonchev–Trinajstić information content (AvgIpc) is 3.11. The van der Waals surface area contributed by atoms with Gasteiger partial charge >= 0.3 is 11.7 Å². The van der Waals surface area contributed by atoms with Crippen molar-refractivity contribution in [1.29, 1.82) is 0 Å². The number of carbonyl (C=O) groups is 3. The fourth-order valence-electron chi connectivity index (χ4n) is 3.04. The molecule has 1 aromatic carbocycles. The number of aliphatic hydroxyl groups excluding tert-OH is 1. The Kier molecular flexibility index (Phi) is 7.27. The molecule has 0 unspecified atom stereocenters. The number of Topliss-reactive ketones (excluding diaryl/α,β-unsaturated/α-hetero) is 1. The number of hydrogen-bond acceptors (Lipinski definition) is 8. The SMILES string of the molecule is CC(=O)CCC(=O)OC[C@H]1O[C@H](n2ccc(NC(=O)c3ccccc3)nc2=O)C[C@@H]1O. The lowest BCUT2D eigenvalue weighted by Crippen LogP contribution is -2.29. The lowest BCUT2D eigenvalue weighted by atomic mass is 10.2. The van der Waals surface area contributed by atoms with E-state index >= 15 is 0 Å². The van der Waals surface area contributed by atoms with Gasteiger partial charge in [-0.15, -0.1) is 0 Å². The Morgan fingerprint density at radius 2 is 1.97 bits per heavy atom. The minimum atomic E-state index is -0.949. The molecule has 0 spiro atoms. The van der Waals surface area contributed by atoms with Gasteiger partial charge in [0.2, 0.25) is 0 Å². The first-order valence-corrected chi connectivity index (χ1v) is 9.77. The molecule has 1 amide bonds. The highest BCUT2D eigenvalue weighted by molar-refractivity contribution is 6.03. The van der Waals surface area contributed by atoms with Crippen LogP contribution in [-0.4, -0.2) is 51.1 Å². The molecular weight excluding hydrogens is 406 g/mol. The number of rotatable bonds is 8. The van der Waals surface area contributed by atoms with Crippen LogP contribution in [0.2, 0.25) is 0 Å². The first kappa shape index (κ1) is 22.3. The summed E-state index contributed by atoms with van der Waals surface area (Å²) in [5, 5.41) is 12.7. The number of ketones is 1. The molecule has 0 bridgehead atoms. The van der Waals surface area contributed by atoms with E-state index < -0.39 is 36.0 Å². The third kappa shape index (κ3) is 6.06. The maximum absolute atomic E-state index is 12.4. The van der Waals surface area contributed by atoms with Gasteiger partial charge in [-0.1, -0.05) is 18.2 Å². The van der Waals surface area contributed by atoms with Crippen LogP contribution < -0.4 is 11.0 Å². The maximum atomic E-state index is 12.4. The summed E-state index contributed by atoms with van der Waals surface area (Å²) in [6.07, 6.45) is -0.993. The van der Waals surface area contributed by atoms with Crippen molar-refractivity contribution in [3.05, 3.63) is 58.6 Å². The second-order valence-electron chi connectivity index (χ2n) is 7.14. The highest BCUT2D eigenvalue weighted by atomic mass is 16.6. The minimum absolute atomic E-state index is 0.0406. The molecule has 10 nitrogen and oxygen atoms in total. The molecule has 10 heteroatoms. The molecule has 1 aromatic heterocycles. The Morgan fingerprint density at radius 3 is 2.65 bits per heavy atom. The molecule has 0 radical (unpaired) electrons. The average molecular weight is 429 g/mol. The van der Waals surface area contributed by atoms with Crippen molar-refractivity contribution in [2.24, 2.45) is 0 Å². The van der Waals surface area contributed by atoms with E-state index in [2.05, 4.69) is 10.3 Å². The van der Waals surface area contributed by atoms with E-state index in [1.54, 1.807) is 30.3 Å². The van der Waals surface area contributed by atoms with Crippen LogP contribution in [0.15, 0.2) is 47.4 Å². The predicted octanol–water partition coefficient (Wildman–Crippen LogP) is 1.06. The van der Waals surface area contributed by atoms with Gasteiger partial charge in [0.05, 0.1) is 12.5 Å². The number of aromatic nitrogens is 2. The molecule has 31 heavy (non-hydrogen) atoms. The zero-order valence-electron chi connectivity index (χ0n) is 16.9. The minimum Gasteiger partial charge on any atom is -0.463 e. The maximum Gasteiger partial charge on any atom is 0.351 e. The third-order valence-electron chi connectivity index (χ3n) is 4.71. The summed E-state index contributed by atoms with van der Waals surface area (Å²) in [6.45, 7) is 1.19. The first-order valence-electron chi connectivity index (χ1n) is 9.77. The number of carbonyl (C=O) groups excluding carboxylic acids is 3. The number of esters is 1. The molecular formula is C21H23N3O7. The number of nitrogens with one attached hydrogen (secondary N) is 1. The Balaban J connectivity index is 1.58. The summed E-state index contributed by atoms with van der Waals surface area (Å²) in [6, 6.07) is 9.95. The smallest absolute Gasteiger partial charge is 0.351 e. The van der Waals surface area contributed by atoms with Crippen molar-refractivity contribution < 1.29 is 29.0 Å². The number of ether oxygens (including phenoxy) is 2. The van der Waals surface area contributed by atoms with Crippen LogP contribution in [0.1, 0.15) is 42.8 Å². The topological polar surface area (TPSA) is 137 Å². The molecule has 0 saturated carbocycles. The summed E-state index contributed by atoms with van der Waals surface area (Å²) >= 11 is 0. The third-order valence-corrected chi connectivity index (χ3v) is 4.71. The molecule has 1 aliphatic heterocycles. The van der Waals surface area contributed by atoms with E-state index in [1.165, 1.54) is 23.8 Å². The Bertz CT molecular complexity index is 1010. The Labute approximate surface area is 177 Å². The van der Waals surface area contributed by atoms with Gasteiger partial charge in [0.25, 0.3) is 5.91 Å². The van der Waals surface area contributed by atoms with Gasteiger partial charge in [-0.25, -0.2) is 4.79 Å². The van der Waals surface area contributed by atoms with Gasteiger partial charge in [-0.2, -0.15) is 4.98 Å². The normalized spacial score (nSPS) is 20.3. The van der Waals surface area contributed by atoms with E-state index in [4.69, 9.17) is 9.47 Å². The summed E-state index contributed by atoms with van der Waals surface area (Å²) in [5.41, 5.74) is -0.237. The predicted molar refractivity (Wildman–Crippen MR) is 108 cm³/mol. The lowest BCUT2D eigenvalue weighted by molar-refractivity contribution is -0.151. The van der Waals surface area contributed by atoms with Gasteiger partial charge in [0, 0.05) is 24.6 Å². The highest BCUT2D eigenvalue weighted by Gasteiger charge is 2.36. The van der Waals surface area contributed by atoms with Gasteiger partial charge in [-0.3, -0.25) is 14.2 Å². The molecule has 1 fully saturated rings. The molecule has 1 aliphatic rings. The van der Waals surface area contributed by atoms with Crippen molar-refractivity contribution >= 4 is 23.5 Å². The van der Waals surface area contributed by atoms with Crippen molar-refractivity contribution in [1.82, 2.24) is 9.55 Å². The van der Waals surface area contributed by atoms with Crippen molar-refractivity contribution in [3.8, 4) is 0 Å². The number of amides is 1. The lowest BCUT2D eigenvalue weighted by Gasteiger charge is -2.16. The number of anilines is 1. The van der Waals surface area contributed by atoms with Crippen LogP contribution in [0, 0.1) is 0 Å². The van der Waals surface area contributed by atoms with Crippen LogP contribution >= 0.6 is 0 Å². The number of aliphatic hydroxyl groups is 1. The first-order chi connectivity index (χ1) is 14.8. The van der Waals surface area contributed by atoms with Crippen LogP contribution in [0.5, 0.6) is 0 Å². The highest BCUT2D eigenvalue weighted by Crippen LogP contribution is 2.28. The molecule has 3 atom stereocenters. The monoisotopic (exact) mass is 429 g/mol. The molecule has 0 aliphatic carbocycles. The van der Waals surface area contributed by atoms with E-state index in [0.717, 1.165) is 0 Å². The molecule has 164 valence electrons. The molecule has 2 N–H and O–H groups in total. The van der Waals surface area contributed by atoms with Crippen molar-refractivity contribution in [2.75, 3.05) is 11.9 Å². The second kappa shape index (κ2) is 10.1. The van der Waals surface area contributed by atoms with Gasteiger partial charge < -0.3 is 24.7 Å². The largest absolute Gasteiger partial charge is 0.463 e. The fourth-order valence-corrected chi connectivity index (χ4v) is 3.04. The number of benzene rings is 1. The Hall–Kier alpha value is -3.37. The fraction of sp³-hybridized carbons (Fsp3) is 0.381.